The zero-order valence-electron chi connectivity index (χ0n) is 9.92. The number of anilines is 1. The predicted molar refractivity (Wildman–Crippen MR) is 65.3 cm³/mol. The van der Waals surface area contributed by atoms with Crippen molar-refractivity contribution < 1.29 is 4.79 Å². The van der Waals surface area contributed by atoms with Gasteiger partial charge in [-0.2, -0.15) is 0 Å². The number of aryl methyl sites for hydroxylation is 1. The van der Waals surface area contributed by atoms with Crippen molar-refractivity contribution in [2.75, 3.05) is 12.3 Å². The fraction of sp³-hybridized carbons (Fsp3) is 0.500. The molecule has 0 aliphatic carbocycles. The molecule has 1 heterocycles. The van der Waals surface area contributed by atoms with Crippen LogP contribution in [0.25, 0.3) is 0 Å². The molecule has 1 rings (SSSR count). The van der Waals surface area contributed by atoms with E-state index in [1.807, 2.05) is 13.0 Å². The molecule has 1 aromatic heterocycles. The molecule has 0 aromatic carbocycles. The summed E-state index contributed by atoms with van der Waals surface area (Å²) in [6.07, 6.45) is 2.76. The van der Waals surface area contributed by atoms with E-state index in [1.165, 1.54) is 0 Å². The number of aromatic nitrogens is 1. The van der Waals surface area contributed by atoms with Gasteiger partial charge in [-0.1, -0.05) is 20.3 Å². The van der Waals surface area contributed by atoms with Gasteiger partial charge in [0.1, 0.15) is 5.82 Å². The molecule has 0 saturated heterocycles. The van der Waals surface area contributed by atoms with Crippen LogP contribution in [0, 0.1) is 0 Å². The molecule has 1 amide bonds. The third-order valence-corrected chi connectivity index (χ3v) is 2.20. The molecule has 0 aliphatic heterocycles. The minimum atomic E-state index is -0.0756. The molecular weight excluding hydrogens is 202 g/mol. The highest BCUT2D eigenvalue weighted by Gasteiger charge is 2.07. The Bertz CT molecular complexity index is 363. The SMILES string of the molecule is CCCNC(=O)c1cc(N)nc(CCC)c1. The standard InChI is InChI=1S/C12H19N3O/c1-3-5-10-7-9(8-11(13)15-10)12(16)14-6-4-2/h7-8H,3-6H2,1-2H3,(H2,13,15)(H,14,16). The van der Waals surface area contributed by atoms with Crippen molar-refractivity contribution in [2.45, 2.75) is 33.1 Å². The van der Waals surface area contributed by atoms with Crippen molar-refractivity contribution in [3.63, 3.8) is 0 Å². The van der Waals surface area contributed by atoms with Crippen LogP contribution >= 0.6 is 0 Å². The lowest BCUT2D eigenvalue weighted by atomic mass is 10.1. The monoisotopic (exact) mass is 221 g/mol. The van der Waals surface area contributed by atoms with Crippen LogP contribution in [0.3, 0.4) is 0 Å². The van der Waals surface area contributed by atoms with Crippen LogP contribution in [0.5, 0.6) is 0 Å². The van der Waals surface area contributed by atoms with Crippen LogP contribution in [0.4, 0.5) is 5.82 Å². The third kappa shape index (κ3) is 3.53. The lowest BCUT2D eigenvalue weighted by molar-refractivity contribution is 0.0953. The second-order valence-electron chi connectivity index (χ2n) is 3.78. The quantitative estimate of drug-likeness (QED) is 0.796. The second-order valence-corrected chi connectivity index (χ2v) is 3.78. The van der Waals surface area contributed by atoms with E-state index < -0.39 is 0 Å². The molecular formula is C12H19N3O. The van der Waals surface area contributed by atoms with Crippen LogP contribution in [0.2, 0.25) is 0 Å². The average molecular weight is 221 g/mol. The van der Waals surface area contributed by atoms with Crippen LogP contribution in [-0.4, -0.2) is 17.4 Å². The highest BCUT2D eigenvalue weighted by Crippen LogP contribution is 2.09. The molecule has 0 aliphatic rings. The first-order valence-electron chi connectivity index (χ1n) is 5.72. The molecule has 3 N–H and O–H groups in total. The van der Waals surface area contributed by atoms with Gasteiger partial charge >= 0.3 is 0 Å². The highest BCUT2D eigenvalue weighted by molar-refractivity contribution is 5.94. The summed E-state index contributed by atoms with van der Waals surface area (Å²) in [5, 5.41) is 2.82. The van der Waals surface area contributed by atoms with Crippen molar-refractivity contribution in [3.8, 4) is 0 Å². The Labute approximate surface area is 96.3 Å². The summed E-state index contributed by atoms with van der Waals surface area (Å²) < 4.78 is 0. The number of hydrogen-bond donors (Lipinski definition) is 2. The number of hydrogen-bond acceptors (Lipinski definition) is 3. The predicted octanol–water partition coefficient (Wildman–Crippen LogP) is 1.76. The molecule has 16 heavy (non-hydrogen) atoms. The minimum Gasteiger partial charge on any atom is -0.384 e. The van der Waals surface area contributed by atoms with E-state index in [0.717, 1.165) is 25.0 Å². The maximum atomic E-state index is 11.7. The summed E-state index contributed by atoms with van der Waals surface area (Å²) in [4.78, 5) is 15.9. The van der Waals surface area contributed by atoms with Crippen molar-refractivity contribution in [1.82, 2.24) is 10.3 Å². The molecule has 1 aromatic rings. The van der Waals surface area contributed by atoms with Gasteiger partial charge in [-0.25, -0.2) is 4.98 Å². The maximum Gasteiger partial charge on any atom is 0.251 e. The van der Waals surface area contributed by atoms with Gasteiger partial charge in [-0.05, 0) is 25.0 Å². The zero-order valence-corrected chi connectivity index (χ0v) is 9.92. The van der Waals surface area contributed by atoms with Crippen LogP contribution in [0.1, 0.15) is 42.7 Å². The van der Waals surface area contributed by atoms with E-state index in [-0.39, 0.29) is 5.91 Å². The van der Waals surface area contributed by atoms with E-state index in [1.54, 1.807) is 6.07 Å². The van der Waals surface area contributed by atoms with Crippen molar-refractivity contribution in [3.05, 3.63) is 23.4 Å². The molecule has 0 atom stereocenters. The smallest absolute Gasteiger partial charge is 0.251 e. The summed E-state index contributed by atoms with van der Waals surface area (Å²) in [6.45, 7) is 4.77. The van der Waals surface area contributed by atoms with Gasteiger partial charge in [0.15, 0.2) is 0 Å². The molecule has 88 valence electrons. The van der Waals surface area contributed by atoms with Crippen LogP contribution in [0.15, 0.2) is 12.1 Å². The van der Waals surface area contributed by atoms with E-state index in [4.69, 9.17) is 5.73 Å². The number of rotatable bonds is 5. The van der Waals surface area contributed by atoms with Gasteiger partial charge in [0.25, 0.3) is 5.91 Å². The lowest BCUT2D eigenvalue weighted by Crippen LogP contribution is -2.24. The minimum absolute atomic E-state index is 0.0756. The number of nitrogens with two attached hydrogens (primary N) is 1. The van der Waals surface area contributed by atoms with E-state index in [0.29, 0.717) is 17.9 Å². The van der Waals surface area contributed by atoms with Crippen LogP contribution < -0.4 is 11.1 Å². The summed E-state index contributed by atoms with van der Waals surface area (Å²) in [7, 11) is 0. The van der Waals surface area contributed by atoms with Gasteiger partial charge in [0.2, 0.25) is 0 Å². The van der Waals surface area contributed by atoms with E-state index in [9.17, 15) is 4.79 Å². The molecule has 0 fully saturated rings. The Morgan fingerprint density at radius 1 is 1.38 bits per heavy atom. The maximum absolute atomic E-state index is 11.7. The van der Waals surface area contributed by atoms with Gasteiger partial charge in [-0.3, -0.25) is 4.79 Å². The molecule has 4 nitrogen and oxygen atoms in total. The molecule has 0 spiro atoms. The molecule has 0 saturated carbocycles. The Morgan fingerprint density at radius 3 is 2.75 bits per heavy atom. The van der Waals surface area contributed by atoms with Gasteiger partial charge in [0, 0.05) is 17.8 Å². The highest BCUT2D eigenvalue weighted by atomic mass is 16.1. The first-order valence-corrected chi connectivity index (χ1v) is 5.72. The van der Waals surface area contributed by atoms with Gasteiger partial charge in [0.05, 0.1) is 0 Å². The number of carbonyl (C=O) groups is 1. The first-order chi connectivity index (χ1) is 7.67. The summed E-state index contributed by atoms with van der Waals surface area (Å²) >= 11 is 0. The number of carbonyl (C=O) groups excluding carboxylic acids is 1. The van der Waals surface area contributed by atoms with Gasteiger partial charge in [-0.15, -0.1) is 0 Å². The number of nitrogens with one attached hydrogen (secondary N) is 1. The van der Waals surface area contributed by atoms with E-state index >= 15 is 0 Å². The fourth-order valence-corrected chi connectivity index (χ4v) is 1.47. The number of nitrogen functional groups attached to an aromatic ring is 1. The first kappa shape index (κ1) is 12.5. The Kier molecular flexibility index (Phi) is 4.76. The average Bonchev–Trinajstić information content (AvgIpc) is 2.25. The molecule has 0 unspecified atom stereocenters. The summed E-state index contributed by atoms with van der Waals surface area (Å²) in [5.41, 5.74) is 7.15. The Morgan fingerprint density at radius 2 is 2.12 bits per heavy atom. The van der Waals surface area contributed by atoms with Crippen molar-refractivity contribution in [1.29, 1.82) is 0 Å². The van der Waals surface area contributed by atoms with Crippen LogP contribution in [-0.2, 0) is 6.42 Å². The lowest BCUT2D eigenvalue weighted by Gasteiger charge is -2.06. The molecule has 0 bridgehead atoms. The van der Waals surface area contributed by atoms with Gasteiger partial charge < -0.3 is 11.1 Å². The number of amides is 1. The molecule has 0 radical (unpaired) electrons. The Hall–Kier alpha value is -1.58. The number of pyridine rings is 1. The normalized spacial score (nSPS) is 10.1. The fourth-order valence-electron chi connectivity index (χ4n) is 1.47. The zero-order chi connectivity index (χ0) is 12.0. The largest absolute Gasteiger partial charge is 0.384 e. The van der Waals surface area contributed by atoms with Crippen molar-refractivity contribution >= 4 is 11.7 Å². The van der Waals surface area contributed by atoms with E-state index in [2.05, 4.69) is 17.2 Å². The third-order valence-electron chi connectivity index (χ3n) is 2.20. The summed E-state index contributed by atoms with van der Waals surface area (Å²) in [5.74, 6) is 0.334. The second kappa shape index (κ2) is 6.10. The number of nitrogens with zero attached hydrogens (tertiary/aromatic N) is 1. The molecule has 4 heteroatoms. The summed E-state index contributed by atoms with van der Waals surface area (Å²) in [6, 6.07) is 3.43. The topological polar surface area (TPSA) is 68.0 Å². The van der Waals surface area contributed by atoms with Crippen molar-refractivity contribution in [2.24, 2.45) is 0 Å². The Balaban J connectivity index is 2.82.